The van der Waals surface area contributed by atoms with Gasteiger partial charge in [-0.25, -0.2) is 0 Å². The van der Waals surface area contributed by atoms with Crippen LogP contribution in [-0.2, 0) is 7.05 Å². The van der Waals surface area contributed by atoms with Crippen LogP contribution in [0.15, 0.2) is 28.3 Å². The maximum Gasteiger partial charge on any atom is 0.272 e. The zero-order chi connectivity index (χ0) is 16.4. The Morgan fingerprint density at radius 2 is 2.26 bits per heavy atom. The normalized spacial score (nSPS) is 18.1. The van der Waals surface area contributed by atoms with Crippen LogP contribution in [0.5, 0.6) is 0 Å². The molecule has 0 aliphatic carbocycles. The molecular weight excluding hydrogens is 314 g/mol. The summed E-state index contributed by atoms with van der Waals surface area (Å²) in [5.74, 6) is 1.40. The zero-order valence-electron chi connectivity index (χ0n) is 13.2. The first-order valence-electron chi connectivity index (χ1n) is 7.59. The summed E-state index contributed by atoms with van der Waals surface area (Å²) in [5.41, 5.74) is 0.792. The molecule has 1 fully saturated rings. The van der Waals surface area contributed by atoms with Crippen LogP contribution < -0.4 is 5.32 Å². The maximum absolute atomic E-state index is 10.9. The fourth-order valence-electron chi connectivity index (χ4n) is 2.84. The van der Waals surface area contributed by atoms with Gasteiger partial charge in [0.25, 0.3) is 5.69 Å². The molecule has 122 valence electrons. The second kappa shape index (κ2) is 6.67. The van der Waals surface area contributed by atoms with Gasteiger partial charge in [-0.1, -0.05) is 0 Å². The number of nitrogens with zero attached hydrogens (tertiary/aromatic N) is 4. The van der Waals surface area contributed by atoms with Crippen molar-refractivity contribution < 1.29 is 4.92 Å². The zero-order valence-corrected chi connectivity index (χ0v) is 14.0. The van der Waals surface area contributed by atoms with E-state index < -0.39 is 0 Å². The van der Waals surface area contributed by atoms with Crippen LogP contribution in [0.1, 0.15) is 30.1 Å². The average Bonchev–Trinajstić information content (AvgIpc) is 2.89. The van der Waals surface area contributed by atoms with Gasteiger partial charge in [0.15, 0.2) is 5.16 Å². The lowest BCUT2D eigenvalue weighted by atomic mass is 9.99. The van der Waals surface area contributed by atoms with E-state index in [1.807, 2.05) is 17.7 Å². The number of rotatable bonds is 4. The van der Waals surface area contributed by atoms with E-state index in [1.165, 1.54) is 11.8 Å². The number of nitro groups is 1. The monoisotopic (exact) mass is 333 g/mol. The highest BCUT2D eigenvalue weighted by molar-refractivity contribution is 7.99. The molecule has 0 unspecified atom stereocenters. The minimum atomic E-state index is -0.361. The summed E-state index contributed by atoms with van der Waals surface area (Å²) in [6, 6.07) is 5.12. The van der Waals surface area contributed by atoms with Crippen molar-refractivity contribution in [2.24, 2.45) is 7.05 Å². The van der Waals surface area contributed by atoms with Crippen LogP contribution in [0.25, 0.3) is 0 Å². The molecule has 2 aromatic rings. The Kier molecular flexibility index (Phi) is 4.63. The highest BCUT2D eigenvalue weighted by Gasteiger charge is 2.22. The fraction of sp³-hybridized carbons (Fsp3) is 0.467. The number of piperidine rings is 1. The van der Waals surface area contributed by atoms with Crippen molar-refractivity contribution in [2.45, 2.75) is 35.7 Å². The van der Waals surface area contributed by atoms with E-state index in [0.29, 0.717) is 11.5 Å². The Balaban J connectivity index is 1.79. The van der Waals surface area contributed by atoms with Gasteiger partial charge in [0.1, 0.15) is 5.82 Å². The second-order valence-corrected chi connectivity index (χ2v) is 6.79. The van der Waals surface area contributed by atoms with Crippen molar-refractivity contribution in [3.05, 3.63) is 39.7 Å². The summed E-state index contributed by atoms with van der Waals surface area (Å²) in [7, 11) is 1.98. The third-order valence-corrected chi connectivity index (χ3v) is 5.13. The lowest BCUT2D eigenvalue weighted by Crippen LogP contribution is -2.29. The minimum Gasteiger partial charge on any atom is -0.316 e. The van der Waals surface area contributed by atoms with E-state index in [2.05, 4.69) is 15.5 Å². The second-order valence-electron chi connectivity index (χ2n) is 5.75. The molecular formula is C15H19N5O2S. The number of aromatic nitrogens is 3. The molecule has 23 heavy (non-hydrogen) atoms. The molecule has 1 aliphatic rings. The molecule has 3 rings (SSSR count). The molecule has 0 bridgehead atoms. The third kappa shape index (κ3) is 3.37. The fourth-order valence-corrected chi connectivity index (χ4v) is 3.74. The molecule has 7 nitrogen and oxygen atoms in total. The summed E-state index contributed by atoms with van der Waals surface area (Å²) < 4.78 is 2.03. The SMILES string of the molecule is Cc1cc(Sc2nnc([C@H]3CCCNC3)n2C)ccc1[N+](=O)[O-]. The van der Waals surface area contributed by atoms with Crippen LogP contribution >= 0.6 is 11.8 Å². The van der Waals surface area contributed by atoms with E-state index >= 15 is 0 Å². The van der Waals surface area contributed by atoms with Crippen molar-refractivity contribution in [3.8, 4) is 0 Å². The molecule has 0 radical (unpaired) electrons. The maximum atomic E-state index is 10.9. The Morgan fingerprint density at radius 3 is 2.91 bits per heavy atom. The van der Waals surface area contributed by atoms with Gasteiger partial charge in [-0.2, -0.15) is 0 Å². The number of benzene rings is 1. The summed E-state index contributed by atoms with van der Waals surface area (Å²) >= 11 is 1.48. The smallest absolute Gasteiger partial charge is 0.272 e. The first-order valence-corrected chi connectivity index (χ1v) is 8.41. The van der Waals surface area contributed by atoms with Crippen LogP contribution in [0.3, 0.4) is 0 Å². The van der Waals surface area contributed by atoms with Gasteiger partial charge in [0.2, 0.25) is 0 Å². The number of aryl methyl sites for hydroxylation is 1. The van der Waals surface area contributed by atoms with E-state index in [9.17, 15) is 10.1 Å². The van der Waals surface area contributed by atoms with Crippen LogP contribution in [-0.4, -0.2) is 32.8 Å². The van der Waals surface area contributed by atoms with Crippen molar-refractivity contribution >= 4 is 17.4 Å². The van der Waals surface area contributed by atoms with Crippen molar-refractivity contribution in [1.82, 2.24) is 20.1 Å². The lowest BCUT2D eigenvalue weighted by Gasteiger charge is -2.21. The highest BCUT2D eigenvalue weighted by Crippen LogP contribution is 2.31. The Labute approximate surface area is 138 Å². The molecule has 1 aromatic heterocycles. The van der Waals surface area contributed by atoms with Crippen LogP contribution in [0.4, 0.5) is 5.69 Å². The molecule has 1 aliphatic heterocycles. The quantitative estimate of drug-likeness (QED) is 0.684. The lowest BCUT2D eigenvalue weighted by molar-refractivity contribution is -0.385. The standard InChI is InChI=1S/C15H19N5O2S/c1-10-8-12(5-6-13(10)20(21)22)23-15-18-17-14(19(15)2)11-4-3-7-16-9-11/h5-6,8,11,16H,3-4,7,9H2,1-2H3/t11-/m0/s1. The molecule has 0 saturated carbocycles. The summed E-state index contributed by atoms with van der Waals surface area (Å²) in [6.07, 6.45) is 2.28. The van der Waals surface area contributed by atoms with E-state index in [0.717, 1.165) is 41.8 Å². The van der Waals surface area contributed by atoms with Gasteiger partial charge < -0.3 is 9.88 Å². The van der Waals surface area contributed by atoms with Gasteiger partial charge in [-0.05, 0) is 50.2 Å². The van der Waals surface area contributed by atoms with Gasteiger partial charge in [0, 0.05) is 36.0 Å². The van der Waals surface area contributed by atoms with Gasteiger partial charge in [0.05, 0.1) is 4.92 Å². The summed E-state index contributed by atoms with van der Waals surface area (Å²) in [5, 5.41) is 23.7. The summed E-state index contributed by atoms with van der Waals surface area (Å²) in [4.78, 5) is 11.5. The number of hydrogen-bond donors (Lipinski definition) is 1. The number of nitro benzene ring substituents is 1. The van der Waals surface area contributed by atoms with Gasteiger partial charge >= 0.3 is 0 Å². The Bertz CT molecular complexity index is 725. The molecule has 1 saturated heterocycles. The molecule has 1 aromatic carbocycles. The van der Waals surface area contributed by atoms with Crippen molar-refractivity contribution in [2.75, 3.05) is 13.1 Å². The predicted molar refractivity (Wildman–Crippen MR) is 87.8 cm³/mol. The molecule has 0 amide bonds. The average molecular weight is 333 g/mol. The van der Waals surface area contributed by atoms with Crippen molar-refractivity contribution in [1.29, 1.82) is 0 Å². The van der Waals surface area contributed by atoms with Crippen molar-refractivity contribution in [3.63, 3.8) is 0 Å². The highest BCUT2D eigenvalue weighted by atomic mass is 32.2. The molecule has 2 heterocycles. The minimum absolute atomic E-state index is 0.140. The van der Waals surface area contributed by atoms with E-state index in [1.54, 1.807) is 19.1 Å². The largest absolute Gasteiger partial charge is 0.316 e. The Hall–Kier alpha value is -1.93. The van der Waals surface area contributed by atoms with Crippen LogP contribution in [0, 0.1) is 17.0 Å². The third-order valence-electron chi connectivity index (χ3n) is 4.10. The van der Waals surface area contributed by atoms with Crippen LogP contribution in [0.2, 0.25) is 0 Å². The number of hydrogen-bond acceptors (Lipinski definition) is 6. The topological polar surface area (TPSA) is 85.9 Å². The summed E-state index contributed by atoms with van der Waals surface area (Å²) in [6.45, 7) is 3.75. The molecule has 8 heteroatoms. The van der Waals surface area contributed by atoms with E-state index in [-0.39, 0.29) is 10.6 Å². The van der Waals surface area contributed by atoms with Gasteiger partial charge in [-0.3, -0.25) is 10.1 Å². The van der Waals surface area contributed by atoms with Gasteiger partial charge in [-0.15, -0.1) is 10.2 Å². The Morgan fingerprint density at radius 1 is 1.43 bits per heavy atom. The van der Waals surface area contributed by atoms with E-state index in [4.69, 9.17) is 0 Å². The molecule has 1 N–H and O–H groups in total. The molecule has 0 spiro atoms. The molecule has 1 atom stereocenters. The number of nitrogens with one attached hydrogen (secondary N) is 1. The predicted octanol–water partition coefficient (Wildman–Crippen LogP) is 2.65. The first-order chi connectivity index (χ1) is 11.1. The first kappa shape index (κ1) is 15.9.